The van der Waals surface area contributed by atoms with Crippen LogP contribution in [0.2, 0.25) is 5.02 Å². The molecule has 1 fully saturated rings. The molecule has 1 aliphatic rings. The Balaban J connectivity index is 2.09. The van der Waals surface area contributed by atoms with Gasteiger partial charge in [-0.1, -0.05) is 11.6 Å². The summed E-state index contributed by atoms with van der Waals surface area (Å²) in [5.41, 5.74) is 2.06. The van der Waals surface area contributed by atoms with Crippen molar-refractivity contribution in [1.29, 1.82) is 0 Å². The highest BCUT2D eigenvalue weighted by Gasteiger charge is 2.25. The lowest BCUT2D eigenvalue weighted by molar-refractivity contribution is 0.236. The normalized spacial score (nSPS) is 21.3. The van der Waals surface area contributed by atoms with Gasteiger partial charge in [0.2, 0.25) is 0 Å². The Morgan fingerprint density at radius 2 is 2.29 bits per heavy atom. The van der Waals surface area contributed by atoms with Crippen LogP contribution in [0.4, 0.5) is 0 Å². The van der Waals surface area contributed by atoms with Gasteiger partial charge in [0.25, 0.3) is 0 Å². The molecule has 17 heavy (non-hydrogen) atoms. The minimum absolute atomic E-state index is 0.631. The van der Waals surface area contributed by atoms with Crippen LogP contribution < -0.4 is 5.32 Å². The average molecular weight is 257 g/mol. The summed E-state index contributed by atoms with van der Waals surface area (Å²) in [5.74, 6) is 0. The first-order valence-corrected chi connectivity index (χ1v) is 6.58. The standard InChI is InChI=1S/C12H21ClN4/c1-9-12(13)11(16(3)15-9)8-17-6-4-5-10(17)7-14-2/h10,14H,4-8H2,1-3H3. The summed E-state index contributed by atoms with van der Waals surface area (Å²) in [6, 6.07) is 0.631. The highest BCUT2D eigenvalue weighted by Crippen LogP contribution is 2.25. The van der Waals surface area contributed by atoms with Crippen LogP contribution >= 0.6 is 11.6 Å². The van der Waals surface area contributed by atoms with Gasteiger partial charge in [-0.3, -0.25) is 9.58 Å². The summed E-state index contributed by atoms with van der Waals surface area (Å²) >= 11 is 6.29. The Morgan fingerprint density at radius 1 is 1.53 bits per heavy atom. The zero-order valence-corrected chi connectivity index (χ0v) is 11.6. The van der Waals surface area contributed by atoms with Crippen LogP contribution in [-0.2, 0) is 13.6 Å². The number of aryl methyl sites for hydroxylation is 2. The lowest BCUT2D eigenvalue weighted by atomic mass is 10.2. The van der Waals surface area contributed by atoms with Gasteiger partial charge in [0.1, 0.15) is 0 Å². The first-order valence-electron chi connectivity index (χ1n) is 6.20. The van der Waals surface area contributed by atoms with Gasteiger partial charge < -0.3 is 5.32 Å². The van der Waals surface area contributed by atoms with Crippen molar-refractivity contribution in [3.63, 3.8) is 0 Å². The van der Waals surface area contributed by atoms with Crippen LogP contribution in [0.3, 0.4) is 0 Å². The number of aromatic nitrogens is 2. The van der Waals surface area contributed by atoms with Crippen molar-refractivity contribution in [2.75, 3.05) is 20.1 Å². The molecule has 1 N–H and O–H groups in total. The fourth-order valence-electron chi connectivity index (χ4n) is 2.61. The average Bonchev–Trinajstić information content (AvgIpc) is 2.81. The maximum absolute atomic E-state index is 6.29. The molecular formula is C12H21ClN4. The van der Waals surface area contributed by atoms with Crippen molar-refractivity contribution in [2.45, 2.75) is 32.4 Å². The number of likely N-dealkylation sites (N-methyl/N-ethyl adjacent to an activating group) is 1. The van der Waals surface area contributed by atoms with Crippen molar-refractivity contribution in [3.8, 4) is 0 Å². The minimum Gasteiger partial charge on any atom is -0.318 e. The molecule has 4 nitrogen and oxygen atoms in total. The first-order chi connectivity index (χ1) is 8.13. The van der Waals surface area contributed by atoms with E-state index in [1.54, 1.807) is 0 Å². The third-order valence-electron chi connectivity index (χ3n) is 3.55. The Hall–Kier alpha value is -0.580. The molecule has 1 atom stereocenters. The molecule has 0 radical (unpaired) electrons. The number of halogens is 1. The number of hydrogen-bond donors (Lipinski definition) is 1. The second-order valence-electron chi connectivity index (χ2n) is 4.79. The van der Waals surface area contributed by atoms with Gasteiger partial charge in [0, 0.05) is 26.2 Å². The predicted octanol–water partition coefficient (Wildman–Crippen LogP) is 1.57. The molecule has 0 bridgehead atoms. The second kappa shape index (κ2) is 5.38. The maximum Gasteiger partial charge on any atom is 0.0860 e. The molecule has 0 amide bonds. The molecule has 0 saturated carbocycles. The lowest BCUT2D eigenvalue weighted by Gasteiger charge is -2.24. The number of nitrogens with one attached hydrogen (secondary N) is 1. The summed E-state index contributed by atoms with van der Waals surface area (Å²) in [6.07, 6.45) is 2.55. The summed E-state index contributed by atoms with van der Waals surface area (Å²) < 4.78 is 1.91. The third-order valence-corrected chi connectivity index (χ3v) is 4.04. The molecule has 1 aromatic rings. The van der Waals surface area contributed by atoms with Gasteiger partial charge in [-0.15, -0.1) is 0 Å². The van der Waals surface area contributed by atoms with Gasteiger partial charge in [-0.2, -0.15) is 5.10 Å². The lowest BCUT2D eigenvalue weighted by Crippen LogP contribution is -2.36. The van der Waals surface area contributed by atoms with Gasteiger partial charge in [0.15, 0.2) is 0 Å². The van der Waals surface area contributed by atoms with Crippen molar-refractivity contribution in [2.24, 2.45) is 7.05 Å². The molecular weight excluding hydrogens is 236 g/mol. The molecule has 96 valence electrons. The van der Waals surface area contributed by atoms with Crippen LogP contribution in [0.25, 0.3) is 0 Å². The molecule has 0 aromatic carbocycles. The van der Waals surface area contributed by atoms with Crippen LogP contribution in [0.1, 0.15) is 24.2 Å². The van der Waals surface area contributed by atoms with E-state index in [9.17, 15) is 0 Å². The van der Waals surface area contributed by atoms with Crippen LogP contribution in [0.15, 0.2) is 0 Å². The predicted molar refractivity (Wildman–Crippen MR) is 70.3 cm³/mol. The third kappa shape index (κ3) is 2.64. The zero-order valence-electron chi connectivity index (χ0n) is 10.8. The Morgan fingerprint density at radius 3 is 2.88 bits per heavy atom. The molecule has 0 aliphatic carbocycles. The Bertz CT molecular complexity index is 388. The van der Waals surface area contributed by atoms with E-state index in [1.165, 1.54) is 12.8 Å². The van der Waals surface area contributed by atoms with E-state index in [2.05, 4.69) is 15.3 Å². The number of nitrogens with zero attached hydrogens (tertiary/aromatic N) is 3. The molecule has 1 aromatic heterocycles. The summed E-state index contributed by atoms with van der Waals surface area (Å²) in [7, 11) is 3.98. The van der Waals surface area contributed by atoms with Crippen LogP contribution in [0, 0.1) is 6.92 Å². The highest BCUT2D eigenvalue weighted by atomic mass is 35.5. The van der Waals surface area contributed by atoms with Crippen molar-refractivity contribution < 1.29 is 0 Å². The van der Waals surface area contributed by atoms with E-state index in [1.807, 2.05) is 25.7 Å². The maximum atomic E-state index is 6.29. The summed E-state index contributed by atoms with van der Waals surface area (Å²) in [4.78, 5) is 2.50. The van der Waals surface area contributed by atoms with E-state index in [4.69, 9.17) is 11.6 Å². The van der Waals surface area contributed by atoms with Gasteiger partial charge in [0.05, 0.1) is 16.4 Å². The van der Waals surface area contributed by atoms with Gasteiger partial charge in [-0.05, 0) is 33.4 Å². The molecule has 2 rings (SSSR count). The second-order valence-corrected chi connectivity index (χ2v) is 5.17. The van der Waals surface area contributed by atoms with Crippen molar-refractivity contribution >= 4 is 11.6 Å². The quantitative estimate of drug-likeness (QED) is 0.888. The van der Waals surface area contributed by atoms with Gasteiger partial charge in [-0.25, -0.2) is 0 Å². The van der Waals surface area contributed by atoms with Crippen molar-refractivity contribution in [1.82, 2.24) is 20.0 Å². The SMILES string of the molecule is CNCC1CCCN1Cc1c(Cl)c(C)nn1C. The monoisotopic (exact) mass is 256 g/mol. The molecule has 1 aliphatic heterocycles. The number of rotatable bonds is 4. The molecule has 1 saturated heterocycles. The van der Waals surface area contributed by atoms with E-state index in [-0.39, 0.29) is 0 Å². The smallest absolute Gasteiger partial charge is 0.0860 e. The topological polar surface area (TPSA) is 33.1 Å². The Labute approximate surface area is 108 Å². The van der Waals surface area contributed by atoms with Crippen LogP contribution in [-0.4, -0.2) is 40.9 Å². The highest BCUT2D eigenvalue weighted by molar-refractivity contribution is 6.31. The number of likely N-dealkylation sites (tertiary alicyclic amines) is 1. The van der Waals surface area contributed by atoms with Crippen molar-refractivity contribution in [3.05, 3.63) is 16.4 Å². The van der Waals surface area contributed by atoms with Crippen LogP contribution in [0.5, 0.6) is 0 Å². The molecule has 1 unspecified atom stereocenters. The van der Waals surface area contributed by atoms with Gasteiger partial charge >= 0.3 is 0 Å². The zero-order chi connectivity index (χ0) is 12.4. The largest absolute Gasteiger partial charge is 0.318 e. The fraction of sp³-hybridized carbons (Fsp3) is 0.750. The summed E-state index contributed by atoms with van der Waals surface area (Å²) in [6.45, 7) is 5.07. The Kier molecular flexibility index (Phi) is 4.07. The first kappa shape index (κ1) is 12.9. The number of hydrogen-bond acceptors (Lipinski definition) is 3. The molecule has 2 heterocycles. The molecule has 0 spiro atoms. The van der Waals surface area contributed by atoms with E-state index in [0.29, 0.717) is 6.04 Å². The van der Waals surface area contributed by atoms with E-state index >= 15 is 0 Å². The van der Waals surface area contributed by atoms with E-state index < -0.39 is 0 Å². The fourth-order valence-corrected chi connectivity index (χ4v) is 2.83. The summed E-state index contributed by atoms with van der Waals surface area (Å²) in [5, 5.41) is 8.45. The van der Waals surface area contributed by atoms with E-state index in [0.717, 1.165) is 36.0 Å². The molecule has 5 heteroatoms. The minimum atomic E-state index is 0.631.